The van der Waals surface area contributed by atoms with E-state index in [-0.39, 0.29) is 28.5 Å². The number of nitrogens with one attached hydrogen (secondary N) is 2. The lowest BCUT2D eigenvalue weighted by atomic mass is 10.0. The average Bonchev–Trinajstić information content (AvgIpc) is 2.67. The molecule has 430 valence electrons. The van der Waals surface area contributed by atoms with E-state index < -0.39 is 71.5 Å². The van der Waals surface area contributed by atoms with Crippen molar-refractivity contribution in [2.45, 2.75) is 62.7 Å². The minimum absolute atomic E-state index is 0.160. The van der Waals surface area contributed by atoms with Gasteiger partial charge in [0, 0.05) is 59.4 Å². The maximum Gasteiger partial charge on any atom is 0.490 e. The third-order valence-electron chi connectivity index (χ3n) is 11.9. The summed E-state index contributed by atoms with van der Waals surface area (Å²) in [5.41, 5.74) is 4.54. The molecule has 10 rings (SSSR count). The number of alkyl halides is 7. The van der Waals surface area contributed by atoms with Gasteiger partial charge in [-0.3, -0.25) is 28.7 Å². The number of carboxylic acid groups (broad SMARTS) is 1. The number of aliphatic carboxylic acids is 1. The topological polar surface area (TPSA) is 268 Å². The molecule has 0 aliphatic rings. The highest BCUT2D eigenvalue weighted by Crippen LogP contribution is 2.37. The van der Waals surface area contributed by atoms with Gasteiger partial charge >= 0.3 is 12.1 Å². The number of fused-ring (bicyclic) bond motifs is 2. The zero-order valence-corrected chi connectivity index (χ0v) is 45.4. The lowest BCUT2D eigenvalue weighted by Gasteiger charge is -2.19. The van der Waals surface area contributed by atoms with Gasteiger partial charge in [-0.1, -0.05) is 93.6 Å². The van der Waals surface area contributed by atoms with E-state index in [1.165, 1.54) is 12.3 Å². The van der Waals surface area contributed by atoms with E-state index in [1.807, 2.05) is 109 Å². The van der Waals surface area contributed by atoms with Crippen LogP contribution in [0.1, 0.15) is 56.4 Å². The van der Waals surface area contributed by atoms with Crippen molar-refractivity contribution in [3.63, 3.8) is 0 Å². The van der Waals surface area contributed by atoms with E-state index in [0.717, 1.165) is 45.9 Å². The molecule has 8 aromatic heterocycles. The minimum Gasteiger partial charge on any atom is -0.475 e. The first-order valence-electron chi connectivity index (χ1n) is 24.6. The number of anilines is 2. The van der Waals surface area contributed by atoms with Crippen LogP contribution in [-0.4, -0.2) is 89.0 Å². The van der Waals surface area contributed by atoms with Crippen LogP contribution in [0, 0.1) is 5.41 Å². The monoisotopic (exact) mass is 1180 g/mol. The molecule has 0 atom stereocenters. The molecule has 28 heteroatoms. The standard InChI is InChI=1S/C29H28F2N6O2S.C24H19F2N7O2S.C2HF3O2/c1-29(2,3)18-40(38,39)23-15-20(16-33-24(23)26(30)31)28-36-35-27(34-17-21-11-7-8-13-32-21)25-22(12-14-37(25)28)19-9-5-4-6-10-19;25-22(26)20-19(36(27,34)35)12-16(13-29-20)24-32-31-23(30-14-17-8-4-5-10-28-17)21-18(9-11-33(21)24)15-6-2-1-3-7-15;3-2(4,5)1(6)7/h4-16,26H,17-18H2,1-3H3,(H,34,35);1-13,22H,14H2,(H,30,31)(H2,27,34,35);(H,6,7). The summed E-state index contributed by atoms with van der Waals surface area (Å²) in [5, 5.41) is 36.3. The Hall–Kier alpha value is -9.28. The Morgan fingerprint density at radius 1 is 0.578 bits per heavy atom. The summed E-state index contributed by atoms with van der Waals surface area (Å²) >= 11 is 0. The number of hydrogen-bond acceptors (Lipinski definition) is 15. The van der Waals surface area contributed by atoms with Crippen LogP contribution in [0.5, 0.6) is 0 Å². The number of benzene rings is 2. The fraction of sp³-hybridized carbons (Fsp3) is 0.182. The maximum absolute atomic E-state index is 13.9. The van der Waals surface area contributed by atoms with Gasteiger partial charge in [-0.15, -0.1) is 20.4 Å². The SMILES string of the molecule is CC(C)(C)CS(=O)(=O)c1cc(-c2nnc(NCc3ccccn3)c3c(-c4ccccc4)ccn23)cnc1C(F)F.NS(=O)(=O)c1cc(-c2nnc(NCc3ccccn3)c3c(-c4ccccc4)ccn23)cnc1C(F)F.O=C(O)C(F)(F)F. The number of hydrogen-bond donors (Lipinski definition) is 4. The predicted octanol–water partition coefficient (Wildman–Crippen LogP) is 10.9. The number of rotatable bonds is 15. The Morgan fingerprint density at radius 2 is 0.976 bits per heavy atom. The molecule has 0 saturated carbocycles. The largest absolute Gasteiger partial charge is 0.490 e. The van der Waals surface area contributed by atoms with Crippen LogP contribution in [0.25, 0.3) is 56.1 Å². The van der Waals surface area contributed by atoms with Crippen molar-refractivity contribution >= 4 is 48.5 Å². The van der Waals surface area contributed by atoms with Crippen molar-refractivity contribution in [2.75, 3.05) is 16.4 Å². The summed E-state index contributed by atoms with van der Waals surface area (Å²) in [4.78, 5) is 23.8. The molecular weight excluding hydrogens is 1140 g/mol. The summed E-state index contributed by atoms with van der Waals surface area (Å²) in [6.45, 7) is 5.98. The van der Waals surface area contributed by atoms with Crippen molar-refractivity contribution in [3.8, 4) is 45.0 Å². The maximum atomic E-state index is 13.9. The number of pyridine rings is 4. The minimum atomic E-state index is -5.08. The predicted molar refractivity (Wildman–Crippen MR) is 293 cm³/mol. The molecule has 8 heterocycles. The second kappa shape index (κ2) is 24.8. The summed E-state index contributed by atoms with van der Waals surface area (Å²) in [7, 11) is -8.55. The molecule has 19 nitrogen and oxygen atoms in total. The second-order valence-corrected chi connectivity index (χ2v) is 22.7. The lowest BCUT2D eigenvalue weighted by Crippen LogP contribution is -2.22. The molecular formula is C55H48F7N13O6S2. The molecule has 0 unspecified atom stereocenters. The zero-order chi connectivity index (χ0) is 59.9. The van der Waals surface area contributed by atoms with Gasteiger partial charge in [-0.05, 0) is 65.1 Å². The zero-order valence-electron chi connectivity index (χ0n) is 43.8. The second-order valence-electron chi connectivity index (χ2n) is 19.2. The highest BCUT2D eigenvalue weighted by atomic mass is 32.2. The quantitative estimate of drug-likeness (QED) is 0.0695. The summed E-state index contributed by atoms with van der Waals surface area (Å²) in [6.07, 6.45) is -1.99. The van der Waals surface area contributed by atoms with Crippen LogP contribution in [0.3, 0.4) is 0 Å². The number of sulfonamides is 1. The van der Waals surface area contributed by atoms with Crippen LogP contribution in [0.2, 0.25) is 0 Å². The highest BCUT2D eigenvalue weighted by molar-refractivity contribution is 7.91. The van der Waals surface area contributed by atoms with E-state index in [0.29, 0.717) is 35.8 Å². The Balaban J connectivity index is 0.000000195. The smallest absolute Gasteiger partial charge is 0.475 e. The normalized spacial score (nSPS) is 12.0. The van der Waals surface area contributed by atoms with Crippen LogP contribution in [0.15, 0.2) is 168 Å². The van der Waals surface area contributed by atoms with Gasteiger partial charge in [-0.25, -0.2) is 44.3 Å². The number of halogens is 7. The molecule has 0 aliphatic carbocycles. The van der Waals surface area contributed by atoms with Gasteiger partial charge in [0.1, 0.15) is 16.3 Å². The molecule has 0 fully saturated rings. The van der Waals surface area contributed by atoms with Crippen molar-refractivity contribution in [2.24, 2.45) is 10.6 Å². The van der Waals surface area contributed by atoms with Crippen molar-refractivity contribution in [3.05, 3.63) is 181 Å². The van der Waals surface area contributed by atoms with Gasteiger partial charge in [0.2, 0.25) is 10.0 Å². The number of nitrogens with two attached hydrogens (primary N) is 1. The highest BCUT2D eigenvalue weighted by Gasteiger charge is 2.38. The number of carbonyl (C=O) groups is 1. The first-order chi connectivity index (χ1) is 39.3. The molecule has 0 saturated heterocycles. The van der Waals surface area contributed by atoms with Crippen LogP contribution < -0.4 is 15.8 Å². The Labute approximate surface area is 469 Å². The Bertz CT molecular complexity index is 4140. The van der Waals surface area contributed by atoms with Crippen molar-refractivity contribution < 1.29 is 57.5 Å². The molecule has 83 heavy (non-hydrogen) atoms. The molecule has 0 aliphatic heterocycles. The first kappa shape index (κ1) is 59.8. The fourth-order valence-electron chi connectivity index (χ4n) is 8.38. The average molecular weight is 1180 g/mol. The number of carboxylic acids is 1. The van der Waals surface area contributed by atoms with E-state index in [9.17, 15) is 47.6 Å². The third-order valence-corrected chi connectivity index (χ3v) is 15.0. The molecule has 0 amide bonds. The Morgan fingerprint density at radius 3 is 1.34 bits per heavy atom. The summed E-state index contributed by atoms with van der Waals surface area (Å²) < 4.78 is 140. The molecule has 10 aromatic rings. The number of nitrogens with zero attached hydrogens (tertiary/aromatic N) is 10. The molecule has 2 aromatic carbocycles. The van der Waals surface area contributed by atoms with E-state index in [4.69, 9.17) is 15.0 Å². The fourth-order valence-corrected chi connectivity index (χ4v) is 11.2. The van der Waals surface area contributed by atoms with Crippen molar-refractivity contribution in [1.29, 1.82) is 0 Å². The summed E-state index contributed by atoms with van der Waals surface area (Å²) in [6, 6.07) is 36.5. The van der Waals surface area contributed by atoms with Gasteiger partial charge in [0.25, 0.3) is 12.9 Å². The Kier molecular flexibility index (Phi) is 17.9. The van der Waals surface area contributed by atoms with Gasteiger partial charge in [-0.2, -0.15) is 13.2 Å². The van der Waals surface area contributed by atoms with E-state index >= 15 is 0 Å². The van der Waals surface area contributed by atoms with Gasteiger partial charge < -0.3 is 15.7 Å². The van der Waals surface area contributed by atoms with Crippen molar-refractivity contribution in [1.82, 2.24) is 49.1 Å². The number of primary sulfonamides is 1. The third kappa shape index (κ3) is 14.4. The molecule has 0 spiro atoms. The molecule has 5 N–H and O–H groups in total. The van der Waals surface area contributed by atoms with E-state index in [1.54, 1.807) is 54.4 Å². The van der Waals surface area contributed by atoms with Gasteiger partial charge in [0.15, 0.2) is 33.1 Å². The van der Waals surface area contributed by atoms with Crippen LogP contribution >= 0.6 is 0 Å². The van der Waals surface area contributed by atoms with Crippen LogP contribution in [0.4, 0.5) is 42.4 Å². The van der Waals surface area contributed by atoms with Gasteiger partial charge in [0.05, 0.1) is 46.2 Å². The summed E-state index contributed by atoms with van der Waals surface area (Å²) in [5.74, 6) is -1.67. The molecule has 0 radical (unpaired) electrons. The first-order valence-corrected chi connectivity index (χ1v) is 27.8. The van der Waals surface area contributed by atoms with E-state index in [2.05, 4.69) is 51.0 Å². The van der Waals surface area contributed by atoms with Crippen LogP contribution in [-0.2, 0) is 37.7 Å². The number of aromatic nitrogens is 10. The lowest BCUT2D eigenvalue weighted by molar-refractivity contribution is -0.192. The molecule has 0 bridgehead atoms. The number of sulfone groups is 1.